The SMILES string of the molecule is CCN1C(=O)CN2C(=O)[C@@H](Oc3cc(OC)cc(OC)c3)[C@]2(c2ccccc2)c2cc(Cl)ccc21. The van der Waals surface area contributed by atoms with E-state index < -0.39 is 11.6 Å². The first-order chi connectivity index (χ1) is 16.9. The monoisotopic (exact) mass is 492 g/mol. The van der Waals surface area contributed by atoms with E-state index in [1.54, 1.807) is 48.3 Å². The van der Waals surface area contributed by atoms with Crippen LogP contribution in [0.2, 0.25) is 5.02 Å². The molecule has 5 rings (SSSR count). The highest BCUT2D eigenvalue weighted by Gasteiger charge is 2.66. The van der Waals surface area contributed by atoms with Gasteiger partial charge in [0.25, 0.3) is 5.91 Å². The fraction of sp³-hybridized carbons (Fsp3) is 0.259. The number of anilines is 1. The predicted molar refractivity (Wildman–Crippen MR) is 132 cm³/mol. The average Bonchev–Trinajstić information content (AvgIpc) is 2.98. The van der Waals surface area contributed by atoms with E-state index in [1.807, 2.05) is 49.4 Å². The first kappa shape index (κ1) is 23.1. The number of hydrogen-bond acceptors (Lipinski definition) is 5. The molecule has 0 N–H and O–H groups in total. The van der Waals surface area contributed by atoms with E-state index in [0.717, 1.165) is 11.1 Å². The van der Waals surface area contributed by atoms with E-state index in [0.29, 0.717) is 34.5 Å². The minimum absolute atomic E-state index is 0.0742. The molecule has 8 heteroatoms. The summed E-state index contributed by atoms with van der Waals surface area (Å²) in [5.41, 5.74) is 1.21. The third-order valence-corrected chi connectivity index (χ3v) is 6.89. The molecule has 2 atom stereocenters. The van der Waals surface area contributed by atoms with Crippen LogP contribution in [-0.2, 0) is 15.1 Å². The van der Waals surface area contributed by atoms with E-state index in [2.05, 4.69) is 0 Å². The lowest BCUT2D eigenvalue weighted by molar-refractivity contribution is -0.177. The molecular weight excluding hydrogens is 468 g/mol. The van der Waals surface area contributed by atoms with Crippen molar-refractivity contribution < 1.29 is 23.8 Å². The van der Waals surface area contributed by atoms with Gasteiger partial charge in [0.2, 0.25) is 12.0 Å². The summed E-state index contributed by atoms with van der Waals surface area (Å²) in [6, 6.07) is 20.2. The lowest BCUT2D eigenvalue weighted by atomic mass is 9.69. The van der Waals surface area contributed by atoms with Gasteiger partial charge in [-0.25, -0.2) is 0 Å². The number of amides is 2. The number of rotatable bonds is 6. The Kier molecular flexibility index (Phi) is 5.81. The van der Waals surface area contributed by atoms with Gasteiger partial charge in [-0.05, 0) is 30.7 Å². The van der Waals surface area contributed by atoms with Crippen molar-refractivity contribution in [2.75, 3.05) is 32.2 Å². The quantitative estimate of drug-likeness (QED) is 0.481. The molecule has 0 unspecified atom stereocenters. The number of benzene rings is 3. The van der Waals surface area contributed by atoms with Crippen molar-refractivity contribution in [1.82, 2.24) is 4.90 Å². The van der Waals surface area contributed by atoms with Crippen molar-refractivity contribution in [3.63, 3.8) is 0 Å². The van der Waals surface area contributed by atoms with Crippen LogP contribution < -0.4 is 19.1 Å². The number of likely N-dealkylation sites (N-methyl/N-ethyl adjacent to an activating group) is 1. The molecule has 0 radical (unpaired) electrons. The van der Waals surface area contributed by atoms with Gasteiger partial charge in [-0.1, -0.05) is 41.9 Å². The number of ether oxygens (including phenoxy) is 3. The summed E-state index contributed by atoms with van der Waals surface area (Å²) in [5, 5.41) is 0.505. The van der Waals surface area contributed by atoms with Crippen molar-refractivity contribution >= 4 is 29.1 Å². The molecule has 180 valence electrons. The number of hydrogen-bond donors (Lipinski definition) is 0. The summed E-state index contributed by atoms with van der Waals surface area (Å²) in [6.45, 7) is 2.29. The number of nitrogens with zero attached hydrogens (tertiary/aromatic N) is 2. The molecule has 0 aromatic heterocycles. The van der Waals surface area contributed by atoms with Gasteiger partial charge in [0.1, 0.15) is 29.3 Å². The van der Waals surface area contributed by atoms with Gasteiger partial charge in [-0.2, -0.15) is 0 Å². The van der Waals surface area contributed by atoms with E-state index in [-0.39, 0.29) is 18.4 Å². The van der Waals surface area contributed by atoms with Crippen LogP contribution in [0.3, 0.4) is 0 Å². The molecule has 0 saturated carbocycles. The Morgan fingerprint density at radius 2 is 1.60 bits per heavy atom. The van der Waals surface area contributed by atoms with Crippen LogP contribution in [0.4, 0.5) is 5.69 Å². The van der Waals surface area contributed by atoms with Crippen LogP contribution in [-0.4, -0.2) is 50.1 Å². The third-order valence-electron chi connectivity index (χ3n) is 6.66. The lowest BCUT2D eigenvalue weighted by Gasteiger charge is -2.56. The maximum absolute atomic E-state index is 13.6. The fourth-order valence-corrected chi connectivity index (χ4v) is 5.26. The zero-order chi connectivity index (χ0) is 24.7. The molecule has 2 aliphatic rings. The Bertz CT molecular complexity index is 1280. The van der Waals surface area contributed by atoms with Gasteiger partial charge in [0, 0.05) is 41.0 Å². The van der Waals surface area contributed by atoms with Crippen LogP contribution in [0.15, 0.2) is 66.7 Å². The standard InChI is InChI=1S/C27H25ClN2O5/c1-4-29-23-11-10-18(28)12-22(23)27(17-8-6-5-7-9-17)25(26(32)30(27)16-24(29)31)35-21-14-19(33-2)13-20(15-21)34-3/h5-15,25H,4,16H2,1-3H3/t25-,27+/m1/s1. The highest BCUT2D eigenvalue weighted by Crippen LogP contribution is 2.53. The van der Waals surface area contributed by atoms with E-state index in [1.165, 1.54) is 0 Å². The van der Waals surface area contributed by atoms with Gasteiger partial charge >= 0.3 is 0 Å². The van der Waals surface area contributed by atoms with Crippen molar-refractivity contribution in [2.45, 2.75) is 18.6 Å². The van der Waals surface area contributed by atoms with E-state index in [9.17, 15) is 9.59 Å². The molecule has 0 spiro atoms. The topological polar surface area (TPSA) is 68.3 Å². The summed E-state index contributed by atoms with van der Waals surface area (Å²) in [5.74, 6) is 1.04. The lowest BCUT2D eigenvalue weighted by Crippen LogP contribution is -2.74. The number of halogens is 1. The molecule has 35 heavy (non-hydrogen) atoms. The minimum atomic E-state index is -1.06. The summed E-state index contributed by atoms with van der Waals surface area (Å²) >= 11 is 6.49. The average molecular weight is 493 g/mol. The summed E-state index contributed by atoms with van der Waals surface area (Å²) < 4.78 is 17.2. The second kappa shape index (κ2) is 8.82. The number of carbonyl (C=O) groups excluding carboxylic acids is 2. The second-order valence-electron chi connectivity index (χ2n) is 8.40. The summed E-state index contributed by atoms with van der Waals surface area (Å²) in [7, 11) is 3.10. The Balaban J connectivity index is 1.74. The van der Waals surface area contributed by atoms with Crippen molar-refractivity contribution in [1.29, 1.82) is 0 Å². The van der Waals surface area contributed by atoms with Crippen LogP contribution in [0.1, 0.15) is 18.1 Å². The molecule has 2 aliphatic heterocycles. The van der Waals surface area contributed by atoms with Crippen molar-refractivity contribution in [3.05, 3.63) is 82.9 Å². The third kappa shape index (κ3) is 3.49. The number of carbonyl (C=O) groups is 2. The first-order valence-electron chi connectivity index (χ1n) is 11.3. The molecule has 2 heterocycles. The highest BCUT2D eigenvalue weighted by molar-refractivity contribution is 6.30. The second-order valence-corrected chi connectivity index (χ2v) is 8.84. The van der Waals surface area contributed by atoms with E-state index in [4.69, 9.17) is 25.8 Å². The zero-order valence-corrected chi connectivity index (χ0v) is 20.4. The summed E-state index contributed by atoms with van der Waals surface area (Å²) in [6.07, 6.45) is -0.941. The Morgan fingerprint density at radius 1 is 0.943 bits per heavy atom. The molecular formula is C27H25ClN2O5. The van der Waals surface area contributed by atoms with Crippen molar-refractivity contribution in [2.24, 2.45) is 0 Å². The molecule has 0 aliphatic carbocycles. The molecule has 0 bridgehead atoms. The summed E-state index contributed by atoms with van der Waals surface area (Å²) in [4.78, 5) is 30.2. The molecule has 2 amide bonds. The maximum Gasteiger partial charge on any atom is 0.268 e. The maximum atomic E-state index is 13.6. The molecule has 3 aromatic rings. The van der Waals surface area contributed by atoms with Gasteiger partial charge in [0.15, 0.2) is 0 Å². The number of fused-ring (bicyclic) bond motifs is 3. The highest BCUT2D eigenvalue weighted by atomic mass is 35.5. The van der Waals surface area contributed by atoms with Gasteiger partial charge in [-0.15, -0.1) is 0 Å². The van der Waals surface area contributed by atoms with Crippen LogP contribution in [0.25, 0.3) is 0 Å². The number of β-lactam (4-membered cyclic amide) rings is 1. The zero-order valence-electron chi connectivity index (χ0n) is 19.7. The molecule has 7 nitrogen and oxygen atoms in total. The predicted octanol–water partition coefficient (Wildman–Crippen LogP) is 4.26. The van der Waals surface area contributed by atoms with Gasteiger partial charge < -0.3 is 24.0 Å². The van der Waals surface area contributed by atoms with Crippen LogP contribution >= 0.6 is 11.6 Å². The Hall–Kier alpha value is -3.71. The number of methoxy groups -OCH3 is 2. The Labute approximate surface area is 208 Å². The van der Waals surface area contributed by atoms with Crippen molar-refractivity contribution in [3.8, 4) is 17.2 Å². The minimum Gasteiger partial charge on any atom is -0.496 e. The van der Waals surface area contributed by atoms with Crippen LogP contribution in [0.5, 0.6) is 17.2 Å². The van der Waals surface area contributed by atoms with E-state index >= 15 is 0 Å². The first-order valence-corrected chi connectivity index (χ1v) is 11.7. The normalized spacial score (nSPS) is 21.0. The van der Waals surface area contributed by atoms with Gasteiger partial charge in [0.05, 0.1) is 14.2 Å². The largest absolute Gasteiger partial charge is 0.496 e. The molecule has 1 saturated heterocycles. The molecule has 3 aromatic carbocycles. The fourth-order valence-electron chi connectivity index (χ4n) is 5.09. The van der Waals surface area contributed by atoms with Crippen LogP contribution in [0, 0.1) is 0 Å². The van der Waals surface area contributed by atoms with Gasteiger partial charge in [-0.3, -0.25) is 9.59 Å². The Morgan fingerprint density at radius 3 is 2.23 bits per heavy atom. The smallest absolute Gasteiger partial charge is 0.268 e. The molecule has 1 fully saturated rings.